The third-order valence-electron chi connectivity index (χ3n) is 2.84. The molecule has 17 heavy (non-hydrogen) atoms. The van der Waals surface area contributed by atoms with Crippen LogP contribution >= 0.6 is 0 Å². The molecule has 0 saturated heterocycles. The summed E-state index contributed by atoms with van der Waals surface area (Å²) in [4.78, 5) is 0. The van der Waals surface area contributed by atoms with Crippen molar-refractivity contribution in [2.45, 2.75) is 20.4 Å². The third-order valence-corrected chi connectivity index (χ3v) is 2.84. The van der Waals surface area contributed by atoms with E-state index < -0.39 is 0 Å². The Balaban J connectivity index is 3.04. The molecule has 0 aromatic heterocycles. The number of hydrazine groups is 1. The van der Waals surface area contributed by atoms with Gasteiger partial charge in [-0.1, -0.05) is 0 Å². The maximum atomic E-state index is 5.44. The fourth-order valence-electron chi connectivity index (χ4n) is 1.82. The highest BCUT2D eigenvalue weighted by Crippen LogP contribution is 2.33. The van der Waals surface area contributed by atoms with Gasteiger partial charge >= 0.3 is 0 Å². The highest BCUT2D eigenvalue weighted by atomic mass is 16.5. The Morgan fingerprint density at radius 2 is 1.88 bits per heavy atom. The highest BCUT2D eigenvalue weighted by Gasteiger charge is 2.13. The number of nitrogens with two attached hydrogens (primary N) is 1. The number of ether oxygens (including phenoxy) is 2. The van der Waals surface area contributed by atoms with Crippen LogP contribution in [0.5, 0.6) is 11.5 Å². The zero-order chi connectivity index (χ0) is 12.8. The van der Waals surface area contributed by atoms with Crippen LogP contribution in [-0.4, -0.2) is 20.9 Å². The maximum absolute atomic E-state index is 5.44. The summed E-state index contributed by atoms with van der Waals surface area (Å²) in [5, 5.41) is 3.15. The number of methoxy groups -OCH3 is 2. The van der Waals surface area contributed by atoms with Crippen molar-refractivity contribution in [3.8, 4) is 11.5 Å². The van der Waals surface area contributed by atoms with E-state index in [1.807, 2.05) is 19.9 Å². The molecule has 4 N–H and O–H groups in total. The lowest BCUT2D eigenvalue weighted by Crippen LogP contribution is -2.33. The summed E-state index contributed by atoms with van der Waals surface area (Å²) >= 11 is 0. The lowest BCUT2D eigenvalue weighted by molar-refractivity contribution is 0.391. The minimum atomic E-state index is 0.540. The van der Waals surface area contributed by atoms with E-state index in [4.69, 9.17) is 15.3 Å². The highest BCUT2D eigenvalue weighted by molar-refractivity contribution is 5.52. The molecule has 5 nitrogen and oxygen atoms in total. The Morgan fingerprint density at radius 1 is 1.18 bits per heavy atom. The summed E-state index contributed by atoms with van der Waals surface area (Å²) in [6, 6.07) is 1.99. The zero-order valence-electron chi connectivity index (χ0n) is 10.9. The molecule has 0 spiro atoms. The molecule has 0 aliphatic heterocycles. The predicted molar refractivity (Wildman–Crippen MR) is 68.0 cm³/mol. The fourth-order valence-corrected chi connectivity index (χ4v) is 1.82. The van der Waals surface area contributed by atoms with Crippen LogP contribution in [0.2, 0.25) is 0 Å². The monoisotopic (exact) mass is 239 g/mol. The second-order valence-corrected chi connectivity index (χ2v) is 3.83. The molecule has 1 aromatic rings. The topological polar surface area (TPSA) is 68.5 Å². The van der Waals surface area contributed by atoms with Gasteiger partial charge in [0.1, 0.15) is 11.5 Å². The first-order chi connectivity index (χ1) is 8.15. The van der Waals surface area contributed by atoms with Crippen LogP contribution in [0.3, 0.4) is 0 Å². The van der Waals surface area contributed by atoms with Crippen LogP contribution in [0.1, 0.15) is 16.7 Å². The summed E-state index contributed by atoms with van der Waals surface area (Å²) in [5.74, 6) is 6.98. The molecule has 1 rings (SSSR count). The molecule has 0 radical (unpaired) electrons. The molecular weight excluding hydrogens is 218 g/mol. The average molecular weight is 239 g/mol. The minimum Gasteiger partial charge on any atom is -0.496 e. The quantitative estimate of drug-likeness (QED) is 0.297. The van der Waals surface area contributed by atoms with Gasteiger partial charge in [0.15, 0.2) is 0 Å². The number of hydrogen-bond donors (Lipinski definition) is 3. The molecule has 0 atom stereocenters. The smallest absolute Gasteiger partial charge is 0.126 e. The molecule has 96 valence electrons. The summed E-state index contributed by atoms with van der Waals surface area (Å²) in [6.07, 6.45) is 0. The van der Waals surface area contributed by atoms with Gasteiger partial charge in [-0.05, 0) is 31.0 Å². The van der Waals surface area contributed by atoms with Gasteiger partial charge in [-0.15, -0.1) is 0 Å². The summed E-state index contributed by atoms with van der Waals surface area (Å²) in [5.41, 5.74) is 5.81. The van der Waals surface area contributed by atoms with Crippen molar-refractivity contribution < 1.29 is 9.47 Å². The Kier molecular flexibility index (Phi) is 5.21. The van der Waals surface area contributed by atoms with Crippen molar-refractivity contribution in [3.63, 3.8) is 0 Å². The molecule has 1 aromatic carbocycles. The van der Waals surface area contributed by atoms with Crippen molar-refractivity contribution >= 4 is 0 Å². The first kappa shape index (κ1) is 13.8. The van der Waals surface area contributed by atoms with Crippen LogP contribution in [-0.2, 0) is 6.54 Å². The van der Waals surface area contributed by atoms with Gasteiger partial charge in [0.25, 0.3) is 0 Å². The fraction of sp³-hybridized carbons (Fsp3) is 0.500. The second kappa shape index (κ2) is 6.44. The van der Waals surface area contributed by atoms with Crippen molar-refractivity contribution in [2.75, 3.05) is 20.9 Å². The second-order valence-electron chi connectivity index (χ2n) is 3.83. The number of nitrogens with one attached hydrogen (secondary N) is 2. The van der Waals surface area contributed by atoms with Gasteiger partial charge in [0.2, 0.25) is 0 Å². The first-order valence-electron chi connectivity index (χ1n) is 5.50. The predicted octanol–water partition coefficient (Wildman–Crippen LogP) is 0.831. The largest absolute Gasteiger partial charge is 0.496 e. The SMILES string of the molecule is COc1cc(CNCNN)c(OC)c(C)c1C. The van der Waals surface area contributed by atoms with Gasteiger partial charge in [-0.25, -0.2) is 5.43 Å². The molecule has 0 bridgehead atoms. The molecule has 0 fully saturated rings. The van der Waals surface area contributed by atoms with Gasteiger partial charge in [-0.2, -0.15) is 0 Å². The van der Waals surface area contributed by atoms with Gasteiger partial charge in [0, 0.05) is 12.1 Å². The van der Waals surface area contributed by atoms with Crippen molar-refractivity contribution in [2.24, 2.45) is 5.84 Å². The lowest BCUT2D eigenvalue weighted by atomic mass is 10.0. The number of benzene rings is 1. The van der Waals surface area contributed by atoms with E-state index in [2.05, 4.69) is 10.7 Å². The van der Waals surface area contributed by atoms with E-state index in [0.717, 1.165) is 28.2 Å². The molecule has 0 amide bonds. The molecule has 0 aliphatic rings. The van der Waals surface area contributed by atoms with E-state index in [9.17, 15) is 0 Å². The molecule has 0 unspecified atom stereocenters. The number of rotatable bonds is 6. The first-order valence-corrected chi connectivity index (χ1v) is 5.50. The van der Waals surface area contributed by atoms with Crippen LogP contribution < -0.4 is 26.1 Å². The van der Waals surface area contributed by atoms with E-state index in [1.54, 1.807) is 14.2 Å². The van der Waals surface area contributed by atoms with E-state index in [-0.39, 0.29) is 0 Å². The van der Waals surface area contributed by atoms with Gasteiger partial charge < -0.3 is 9.47 Å². The van der Waals surface area contributed by atoms with Crippen LogP contribution in [0.4, 0.5) is 0 Å². The number of hydrogen-bond acceptors (Lipinski definition) is 5. The average Bonchev–Trinajstić information content (AvgIpc) is 2.34. The van der Waals surface area contributed by atoms with Crippen molar-refractivity contribution in [3.05, 3.63) is 22.8 Å². The summed E-state index contributed by atoms with van der Waals surface area (Å²) < 4.78 is 10.8. The van der Waals surface area contributed by atoms with Crippen molar-refractivity contribution in [1.29, 1.82) is 0 Å². The molecule has 0 aliphatic carbocycles. The Morgan fingerprint density at radius 3 is 2.41 bits per heavy atom. The Hall–Kier alpha value is -1.30. The third kappa shape index (κ3) is 3.09. The van der Waals surface area contributed by atoms with Crippen LogP contribution in [0.25, 0.3) is 0 Å². The van der Waals surface area contributed by atoms with Crippen molar-refractivity contribution in [1.82, 2.24) is 10.7 Å². The standard InChI is InChI=1S/C12H21N3O2/c1-8-9(2)12(17-4)10(5-11(8)16-3)6-14-7-15-13/h5,14-15H,6-7,13H2,1-4H3. The lowest BCUT2D eigenvalue weighted by Gasteiger charge is -2.17. The zero-order valence-corrected chi connectivity index (χ0v) is 10.9. The summed E-state index contributed by atoms with van der Waals surface area (Å²) in [7, 11) is 3.35. The van der Waals surface area contributed by atoms with E-state index in [0.29, 0.717) is 13.2 Å². The molecule has 0 heterocycles. The Bertz CT molecular complexity index is 381. The normalized spacial score (nSPS) is 10.4. The molecular formula is C12H21N3O2. The minimum absolute atomic E-state index is 0.540. The van der Waals surface area contributed by atoms with Gasteiger partial charge in [0.05, 0.1) is 20.9 Å². The van der Waals surface area contributed by atoms with E-state index >= 15 is 0 Å². The summed E-state index contributed by atoms with van der Waals surface area (Å²) in [6.45, 7) is 5.26. The van der Waals surface area contributed by atoms with E-state index in [1.165, 1.54) is 0 Å². The van der Waals surface area contributed by atoms with Gasteiger partial charge in [-0.3, -0.25) is 11.2 Å². The molecule has 0 saturated carbocycles. The molecule has 5 heteroatoms. The Labute approximate surface area is 102 Å². The maximum Gasteiger partial charge on any atom is 0.126 e. The van der Waals surface area contributed by atoms with Crippen LogP contribution in [0.15, 0.2) is 6.07 Å². The van der Waals surface area contributed by atoms with Crippen LogP contribution in [0, 0.1) is 13.8 Å².